The highest BCUT2D eigenvalue weighted by Gasteiger charge is 2.24. The molecule has 1 amide bonds. The molecule has 126 valence electrons. The van der Waals surface area contributed by atoms with Gasteiger partial charge in [-0.25, -0.2) is 0 Å². The molecule has 3 N–H and O–H groups in total. The van der Waals surface area contributed by atoms with Crippen molar-refractivity contribution >= 4 is 11.9 Å². The second kappa shape index (κ2) is 8.84. The summed E-state index contributed by atoms with van der Waals surface area (Å²) in [6, 6.07) is 17.6. The summed E-state index contributed by atoms with van der Waals surface area (Å²) in [5.74, 6) is -0.818. The maximum absolute atomic E-state index is 11.9. The van der Waals surface area contributed by atoms with Crippen LogP contribution in [-0.4, -0.2) is 18.5 Å². The molecular weight excluding hydrogens is 304 g/mol. The summed E-state index contributed by atoms with van der Waals surface area (Å²) in [5.41, 5.74) is 7.22. The molecule has 24 heavy (non-hydrogen) atoms. The number of ether oxygens (including phenoxy) is 1. The van der Waals surface area contributed by atoms with E-state index in [4.69, 9.17) is 10.5 Å². The third kappa shape index (κ3) is 4.93. The van der Waals surface area contributed by atoms with Crippen LogP contribution in [0.5, 0.6) is 0 Å². The fourth-order valence-corrected chi connectivity index (χ4v) is 2.53. The van der Waals surface area contributed by atoms with Crippen molar-refractivity contribution in [1.29, 1.82) is 0 Å². The summed E-state index contributed by atoms with van der Waals surface area (Å²) in [6.07, 6.45) is 0.120. The van der Waals surface area contributed by atoms with E-state index in [0.29, 0.717) is 6.61 Å². The van der Waals surface area contributed by atoms with Gasteiger partial charge in [-0.1, -0.05) is 60.7 Å². The Morgan fingerprint density at radius 3 is 2.04 bits per heavy atom. The van der Waals surface area contributed by atoms with E-state index in [1.54, 1.807) is 6.92 Å². The summed E-state index contributed by atoms with van der Waals surface area (Å²) < 4.78 is 5.05. The molecule has 0 fully saturated rings. The minimum Gasteiger partial charge on any atom is -0.466 e. The average molecular weight is 326 g/mol. The predicted molar refractivity (Wildman–Crippen MR) is 91.9 cm³/mol. The minimum atomic E-state index is -0.689. The molecule has 0 aliphatic rings. The van der Waals surface area contributed by atoms with E-state index in [-0.39, 0.29) is 18.4 Å². The summed E-state index contributed by atoms with van der Waals surface area (Å²) in [6.45, 7) is 2.08. The summed E-state index contributed by atoms with van der Waals surface area (Å²) in [5, 5.41) is 3.20. The Bertz CT molecular complexity index is 659. The van der Waals surface area contributed by atoms with Crippen LogP contribution in [-0.2, 0) is 14.3 Å². The van der Waals surface area contributed by atoms with Gasteiger partial charge in [0.25, 0.3) is 0 Å². The third-order valence-corrected chi connectivity index (χ3v) is 3.66. The molecular formula is C19H22N2O3. The number of carbonyl (C=O) groups is 2. The molecule has 2 rings (SSSR count). The molecule has 0 saturated heterocycles. The van der Waals surface area contributed by atoms with Crippen LogP contribution in [0, 0.1) is 0 Å². The number of primary amides is 1. The molecule has 5 heteroatoms. The molecule has 0 bridgehead atoms. The molecule has 2 aromatic carbocycles. The first kappa shape index (κ1) is 17.7. The molecule has 2 aromatic rings. The highest BCUT2D eigenvalue weighted by Crippen LogP contribution is 2.23. The highest BCUT2D eigenvalue weighted by molar-refractivity contribution is 5.81. The Hall–Kier alpha value is -2.66. The first-order valence-corrected chi connectivity index (χ1v) is 7.92. The van der Waals surface area contributed by atoms with Crippen molar-refractivity contribution in [3.8, 4) is 0 Å². The van der Waals surface area contributed by atoms with Crippen LogP contribution in [0.15, 0.2) is 60.7 Å². The van der Waals surface area contributed by atoms with Crippen LogP contribution >= 0.6 is 0 Å². The van der Waals surface area contributed by atoms with E-state index in [9.17, 15) is 9.59 Å². The van der Waals surface area contributed by atoms with E-state index >= 15 is 0 Å². The van der Waals surface area contributed by atoms with E-state index in [1.807, 2.05) is 60.7 Å². The van der Waals surface area contributed by atoms with Crippen molar-refractivity contribution < 1.29 is 14.3 Å². The lowest BCUT2D eigenvalue weighted by Crippen LogP contribution is -2.37. The van der Waals surface area contributed by atoms with Gasteiger partial charge in [-0.3, -0.25) is 14.9 Å². The van der Waals surface area contributed by atoms with E-state index in [1.165, 1.54) is 0 Å². The standard InChI is InChI=1S/C19H22N2O3/c1-2-24-17(22)13-16(14-9-5-3-6-10-14)21-18(19(20)23)15-11-7-4-8-12-15/h3-12,16,18,21H,2,13H2,1H3,(H2,20,23)/t16-,18-/m1/s1. The van der Waals surface area contributed by atoms with Crippen LogP contribution in [0.2, 0.25) is 0 Å². The van der Waals surface area contributed by atoms with Gasteiger partial charge >= 0.3 is 5.97 Å². The Morgan fingerprint density at radius 2 is 1.54 bits per heavy atom. The number of amides is 1. The van der Waals surface area contributed by atoms with Crippen LogP contribution in [0.1, 0.15) is 36.6 Å². The number of carbonyl (C=O) groups excluding carboxylic acids is 2. The quantitative estimate of drug-likeness (QED) is 0.730. The first-order valence-electron chi connectivity index (χ1n) is 7.92. The van der Waals surface area contributed by atoms with Gasteiger partial charge in [-0.05, 0) is 18.1 Å². The van der Waals surface area contributed by atoms with Crippen LogP contribution in [0.4, 0.5) is 0 Å². The lowest BCUT2D eigenvalue weighted by Gasteiger charge is -2.24. The van der Waals surface area contributed by atoms with Crippen molar-refractivity contribution in [2.24, 2.45) is 5.73 Å². The SMILES string of the molecule is CCOC(=O)C[C@@H](N[C@@H](C(N)=O)c1ccccc1)c1ccccc1. The Balaban J connectivity index is 2.25. The Morgan fingerprint density at radius 1 is 1.00 bits per heavy atom. The van der Waals surface area contributed by atoms with Gasteiger partial charge in [0.15, 0.2) is 0 Å². The van der Waals surface area contributed by atoms with Crippen molar-refractivity contribution in [3.63, 3.8) is 0 Å². The number of esters is 1. The predicted octanol–water partition coefficient (Wildman–Crippen LogP) is 2.50. The second-order valence-electron chi connectivity index (χ2n) is 5.39. The van der Waals surface area contributed by atoms with Crippen molar-refractivity contribution in [1.82, 2.24) is 5.32 Å². The van der Waals surface area contributed by atoms with Gasteiger partial charge < -0.3 is 10.5 Å². The molecule has 2 atom stereocenters. The Labute approximate surface area is 141 Å². The molecule has 0 aliphatic heterocycles. The van der Waals surface area contributed by atoms with Gasteiger partial charge in [0.2, 0.25) is 5.91 Å². The summed E-state index contributed by atoms with van der Waals surface area (Å²) in [7, 11) is 0. The molecule has 0 aromatic heterocycles. The number of nitrogens with two attached hydrogens (primary N) is 1. The van der Waals surface area contributed by atoms with Crippen molar-refractivity contribution in [2.45, 2.75) is 25.4 Å². The van der Waals surface area contributed by atoms with E-state index in [0.717, 1.165) is 11.1 Å². The zero-order chi connectivity index (χ0) is 17.4. The number of rotatable bonds is 8. The van der Waals surface area contributed by atoms with Gasteiger partial charge in [0, 0.05) is 6.04 Å². The zero-order valence-corrected chi connectivity index (χ0v) is 13.6. The molecule has 0 unspecified atom stereocenters. The Kier molecular flexibility index (Phi) is 6.51. The lowest BCUT2D eigenvalue weighted by atomic mass is 9.99. The maximum Gasteiger partial charge on any atom is 0.307 e. The number of nitrogens with one attached hydrogen (secondary N) is 1. The molecule has 0 saturated carbocycles. The molecule has 0 spiro atoms. The molecule has 0 heterocycles. The second-order valence-corrected chi connectivity index (χ2v) is 5.39. The number of hydrogen-bond acceptors (Lipinski definition) is 4. The topological polar surface area (TPSA) is 81.4 Å². The normalized spacial score (nSPS) is 13.0. The minimum absolute atomic E-state index is 0.120. The van der Waals surface area contributed by atoms with Crippen molar-refractivity contribution in [3.05, 3.63) is 71.8 Å². The van der Waals surface area contributed by atoms with Crippen molar-refractivity contribution in [2.75, 3.05) is 6.61 Å². The highest BCUT2D eigenvalue weighted by atomic mass is 16.5. The smallest absolute Gasteiger partial charge is 0.307 e. The lowest BCUT2D eigenvalue weighted by molar-refractivity contribution is -0.144. The van der Waals surface area contributed by atoms with E-state index < -0.39 is 11.9 Å². The fourth-order valence-electron chi connectivity index (χ4n) is 2.53. The summed E-state index contributed by atoms with van der Waals surface area (Å²) in [4.78, 5) is 23.9. The van der Waals surface area contributed by atoms with Crippen LogP contribution < -0.4 is 11.1 Å². The number of benzene rings is 2. The monoisotopic (exact) mass is 326 g/mol. The van der Waals surface area contributed by atoms with Gasteiger partial charge in [-0.2, -0.15) is 0 Å². The number of hydrogen-bond donors (Lipinski definition) is 2. The van der Waals surface area contributed by atoms with Crippen LogP contribution in [0.25, 0.3) is 0 Å². The third-order valence-electron chi connectivity index (χ3n) is 3.66. The summed E-state index contributed by atoms with van der Waals surface area (Å²) >= 11 is 0. The van der Waals surface area contributed by atoms with E-state index in [2.05, 4.69) is 5.32 Å². The molecule has 5 nitrogen and oxygen atoms in total. The first-order chi connectivity index (χ1) is 11.6. The van der Waals surface area contributed by atoms with Gasteiger partial charge in [-0.15, -0.1) is 0 Å². The zero-order valence-electron chi connectivity index (χ0n) is 13.6. The molecule has 0 aliphatic carbocycles. The van der Waals surface area contributed by atoms with Gasteiger partial charge in [0.1, 0.15) is 6.04 Å². The molecule has 0 radical (unpaired) electrons. The fraction of sp³-hybridized carbons (Fsp3) is 0.263. The average Bonchev–Trinajstić information content (AvgIpc) is 2.60. The van der Waals surface area contributed by atoms with Gasteiger partial charge in [0.05, 0.1) is 13.0 Å². The largest absolute Gasteiger partial charge is 0.466 e. The van der Waals surface area contributed by atoms with Crippen LogP contribution in [0.3, 0.4) is 0 Å². The maximum atomic E-state index is 11.9.